The van der Waals surface area contributed by atoms with E-state index in [-0.39, 0.29) is 18.3 Å². The Morgan fingerprint density at radius 2 is 1.78 bits per heavy atom. The maximum atomic E-state index is 14.3. The van der Waals surface area contributed by atoms with Crippen molar-refractivity contribution >= 4 is 67.2 Å². The molecule has 0 unspecified atom stereocenters. The van der Waals surface area contributed by atoms with Gasteiger partial charge >= 0.3 is 0 Å². The molecule has 3 aromatic heterocycles. The number of amides is 1. The SMILES string of the molecule is CCN(CC)CCN(C(=O)c1cc(-c2cccs2)nc2ccccc12)c1nc2c(OC)cccc2s1.Cl. The van der Waals surface area contributed by atoms with Crippen LogP contribution < -0.4 is 9.64 Å². The lowest BCUT2D eigenvalue weighted by atomic mass is 10.1. The highest BCUT2D eigenvalue weighted by molar-refractivity contribution is 7.22. The maximum Gasteiger partial charge on any atom is 0.260 e. The molecular formula is C28H29ClN4O2S2. The number of thiophene rings is 1. The van der Waals surface area contributed by atoms with Crippen molar-refractivity contribution in [2.75, 3.05) is 38.2 Å². The summed E-state index contributed by atoms with van der Waals surface area (Å²) in [5, 5.41) is 3.54. The molecule has 2 aromatic carbocycles. The molecule has 3 heterocycles. The molecule has 37 heavy (non-hydrogen) atoms. The third kappa shape index (κ3) is 5.48. The zero-order valence-electron chi connectivity index (χ0n) is 21.0. The fraction of sp³-hybridized carbons (Fsp3) is 0.250. The van der Waals surface area contributed by atoms with Gasteiger partial charge in [0.15, 0.2) is 5.13 Å². The summed E-state index contributed by atoms with van der Waals surface area (Å²) < 4.78 is 6.53. The van der Waals surface area contributed by atoms with E-state index in [0.717, 1.165) is 51.3 Å². The number of pyridine rings is 1. The molecule has 0 saturated carbocycles. The molecule has 0 fully saturated rings. The molecule has 6 nitrogen and oxygen atoms in total. The smallest absolute Gasteiger partial charge is 0.260 e. The van der Waals surface area contributed by atoms with Crippen molar-refractivity contribution in [2.24, 2.45) is 0 Å². The summed E-state index contributed by atoms with van der Waals surface area (Å²) in [6, 6.07) is 19.7. The van der Waals surface area contributed by atoms with Gasteiger partial charge in [-0.25, -0.2) is 9.97 Å². The standard InChI is InChI=1S/C28H28N4O2S2.ClH/c1-4-31(5-2)15-16-32(28-30-26-23(34-3)12-8-13-25(26)36-28)27(33)20-18-22(24-14-9-17-35-24)29-21-11-7-6-10-19(20)21;/h6-14,17-18H,4-5,15-16H2,1-3H3;1H. The van der Waals surface area contributed by atoms with E-state index in [0.29, 0.717) is 23.0 Å². The van der Waals surface area contributed by atoms with Crippen LogP contribution in [0.5, 0.6) is 5.75 Å². The van der Waals surface area contributed by atoms with Crippen molar-refractivity contribution in [2.45, 2.75) is 13.8 Å². The number of halogens is 1. The first kappa shape index (κ1) is 27.0. The molecule has 0 aliphatic carbocycles. The quantitative estimate of drug-likeness (QED) is 0.197. The second-order valence-corrected chi connectivity index (χ2v) is 10.3. The van der Waals surface area contributed by atoms with Crippen LogP contribution >= 0.6 is 35.1 Å². The fourth-order valence-corrected chi connectivity index (χ4v) is 6.00. The number of thiazole rings is 1. The number of methoxy groups -OCH3 is 1. The number of anilines is 1. The number of likely N-dealkylation sites (N-methyl/N-ethyl adjacent to an activating group) is 1. The van der Waals surface area contributed by atoms with Crippen molar-refractivity contribution in [1.82, 2.24) is 14.9 Å². The Morgan fingerprint density at radius 1 is 0.973 bits per heavy atom. The highest BCUT2D eigenvalue weighted by atomic mass is 35.5. The van der Waals surface area contributed by atoms with Crippen LogP contribution in [0.1, 0.15) is 24.2 Å². The summed E-state index contributed by atoms with van der Waals surface area (Å²) in [7, 11) is 1.65. The van der Waals surface area contributed by atoms with E-state index in [2.05, 4.69) is 18.7 Å². The number of ether oxygens (including phenoxy) is 1. The average molecular weight is 553 g/mol. The average Bonchev–Trinajstić information content (AvgIpc) is 3.60. The number of aromatic nitrogens is 2. The predicted molar refractivity (Wildman–Crippen MR) is 158 cm³/mol. The van der Waals surface area contributed by atoms with Crippen LogP contribution in [-0.2, 0) is 0 Å². The Labute approximate surface area is 230 Å². The zero-order chi connectivity index (χ0) is 25.1. The summed E-state index contributed by atoms with van der Waals surface area (Å²) in [4.78, 5) is 29.2. The molecule has 192 valence electrons. The van der Waals surface area contributed by atoms with Crippen molar-refractivity contribution < 1.29 is 9.53 Å². The van der Waals surface area contributed by atoms with Gasteiger partial charge in [0.05, 0.1) is 33.5 Å². The van der Waals surface area contributed by atoms with Gasteiger partial charge in [0.25, 0.3) is 5.91 Å². The van der Waals surface area contributed by atoms with Crippen LogP contribution in [0.3, 0.4) is 0 Å². The molecule has 0 saturated heterocycles. The second kappa shape index (κ2) is 12.0. The van der Waals surface area contributed by atoms with Crippen LogP contribution in [0.4, 0.5) is 5.13 Å². The zero-order valence-corrected chi connectivity index (χ0v) is 23.5. The third-order valence-corrected chi connectivity index (χ3v) is 8.26. The van der Waals surface area contributed by atoms with Gasteiger partial charge in [0, 0.05) is 18.5 Å². The Bertz CT molecular complexity index is 1500. The minimum absolute atomic E-state index is 0. The number of rotatable bonds is 9. The molecule has 1 amide bonds. The molecule has 5 rings (SSSR count). The molecule has 9 heteroatoms. The van der Waals surface area contributed by atoms with Gasteiger partial charge in [-0.3, -0.25) is 9.69 Å². The van der Waals surface area contributed by atoms with E-state index in [4.69, 9.17) is 14.7 Å². The molecule has 0 bridgehead atoms. The Hall–Kier alpha value is -3.04. The lowest BCUT2D eigenvalue weighted by Gasteiger charge is -2.25. The van der Waals surface area contributed by atoms with Crippen LogP contribution in [-0.4, -0.2) is 54.1 Å². The molecule has 0 N–H and O–H groups in total. The van der Waals surface area contributed by atoms with E-state index in [1.54, 1.807) is 18.4 Å². The number of fused-ring (bicyclic) bond motifs is 2. The van der Waals surface area contributed by atoms with Crippen LogP contribution in [0.2, 0.25) is 0 Å². The van der Waals surface area contributed by atoms with Gasteiger partial charge in [-0.1, -0.05) is 55.5 Å². The molecule has 0 aliphatic heterocycles. The monoisotopic (exact) mass is 552 g/mol. The van der Waals surface area contributed by atoms with E-state index >= 15 is 0 Å². The number of hydrogen-bond donors (Lipinski definition) is 0. The Kier molecular flexibility index (Phi) is 8.76. The topological polar surface area (TPSA) is 58.6 Å². The molecule has 5 aromatic rings. The fourth-order valence-electron chi connectivity index (χ4n) is 4.31. The van der Waals surface area contributed by atoms with Crippen molar-refractivity contribution in [1.29, 1.82) is 0 Å². The summed E-state index contributed by atoms with van der Waals surface area (Å²) in [5.74, 6) is 0.636. The number of carbonyl (C=O) groups excluding carboxylic acids is 1. The Morgan fingerprint density at radius 3 is 2.51 bits per heavy atom. The Balaban J connectivity index is 0.00000320. The highest BCUT2D eigenvalue weighted by Crippen LogP contribution is 2.36. The van der Waals surface area contributed by atoms with Gasteiger partial charge < -0.3 is 9.64 Å². The van der Waals surface area contributed by atoms with Crippen LogP contribution in [0, 0.1) is 0 Å². The highest BCUT2D eigenvalue weighted by Gasteiger charge is 2.25. The minimum Gasteiger partial charge on any atom is -0.494 e. The second-order valence-electron chi connectivity index (χ2n) is 8.34. The maximum absolute atomic E-state index is 14.3. The number of nitrogens with zero attached hydrogens (tertiary/aromatic N) is 4. The number of benzene rings is 2. The lowest BCUT2D eigenvalue weighted by molar-refractivity contribution is 0.0985. The van der Waals surface area contributed by atoms with E-state index < -0.39 is 0 Å². The molecular weight excluding hydrogens is 524 g/mol. The molecule has 0 radical (unpaired) electrons. The van der Waals surface area contributed by atoms with Gasteiger partial charge in [0.1, 0.15) is 11.3 Å². The lowest BCUT2D eigenvalue weighted by Crippen LogP contribution is -2.39. The summed E-state index contributed by atoms with van der Waals surface area (Å²) >= 11 is 3.13. The van der Waals surface area contributed by atoms with Gasteiger partial charge in [-0.2, -0.15) is 0 Å². The van der Waals surface area contributed by atoms with Crippen LogP contribution in [0.15, 0.2) is 66.0 Å². The van der Waals surface area contributed by atoms with Crippen LogP contribution in [0.25, 0.3) is 31.7 Å². The predicted octanol–water partition coefficient (Wildman–Crippen LogP) is 6.99. The number of para-hydroxylation sites is 2. The normalized spacial score (nSPS) is 11.1. The van der Waals surface area contributed by atoms with E-state index in [9.17, 15) is 4.79 Å². The molecule has 0 aliphatic rings. The molecule has 0 spiro atoms. The first-order valence-corrected chi connectivity index (χ1v) is 13.7. The largest absolute Gasteiger partial charge is 0.494 e. The van der Waals surface area contributed by atoms with Gasteiger partial charge in [-0.05, 0) is 48.8 Å². The first-order valence-electron chi connectivity index (χ1n) is 12.0. The van der Waals surface area contributed by atoms with E-state index in [1.165, 1.54) is 11.3 Å². The first-order chi connectivity index (χ1) is 17.6. The summed E-state index contributed by atoms with van der Waals surface area (Å²) in [6.45, 7) is 7.42. The summed E-state index contributed by atoms with van der Waals surface area (Å²) in [6.07, 6.45) is 0. The third-order valence-electron chi connectivity index (χ3n) is 6.32. The van der Waals surface area contributed by atoms with Crippen molar-refractivity contribution in [3.05, 3.63) is 71.6 Å². The summed E-state index contributed by atoms with van der Waals surface area (Å²) in [5.41, 5.74) is 3.03. The number of carbonyl (C=O) groups is 1. The van der Waals surface area contributed by atoms with Crippen molar-refractivity contribution in [3.8, 4) is 16.3 Å². The molecule has 0 atom stereocenters. The van der Waals surface area contributed by atoms with Gasteiger partial charge in [-0.15, -0.1) is 23.7 Å². The van der Waals surface area contributed by atoms with Gasteiger partial charge in [0.2, 0.25) is 0 Å². The van der Waals surface area contributed by atoms with Crippen molar-refractivity contribution in [3.63, 3.8) is 0 Å². The minimum atomic E-state index is -0.0726. The van der Waals surface area contributed by atoms with E-state index in [1.807, 2.05) is 70.9 Å². The number of hydrogen-bond acceptors (Lipinski definition) is 7.